The van der Waals surface area contributed by atoms with E-state index in [9.17, 15) is 4.79 Å². The number of anilines is 1. The van der Waals surface area contributed by atoms with Crippen LogP contribution in [0.5, 0.6) is 0 Å². The van der Waals surface area contributed by atoms with E-state index < -0.39 is 0 Å². The molecule has 0 aliphatic rings. The van der Waals surface area contributed by atoms with E-state index in [0.29, 0.717) is 6.61 Å². The lowest BCUT2D eigenvalue weighted by Gasteiger charge is -2.26. The molecular formula is C20H25NO2. The van der Waals surface area contributed by atoms with E-state index in [-0.39, 0.29) is 11.9 Å². The highest BCUT2D eigenvalue weighted by Gasteiger charge is 2.16. The van der Waals surface area contributed by atoms with Crippen LogP contribution in [0.1, 0.15) is 20.3 Å². The number of esters is 1. The lowest BCUT2D eigenvalue weighted by molar-refractivity contribution is -0.147. The summed E-state index contributed by atoms with van der Waals surface area (Å²) >= 11 is 0. The van der Waals surface area contributed by atoms with Gasteiger partial charge in [0.2, 0.25) is 0 Å². The quantitative estimate of drug-likeness (QED) is 0.534. The number of fused-ring (bicyclic) bond motifs is 1. The Kier molecular flexibility index (Phi) is 6.21. The summed E-state index contributed by atoms with van der Waals surface area (Å²) in [6.07, 6.45) is 2.66. The highest BCUT2D eigenvalue weighted by Crippen LogP contribution is 2.27. The predicted molar refractivity (Wildman–Crippen MR) is 96.8 cm³/mol. The van der Waals surface area contributed by atoms with Gasteiger partial charge in [0.15, 0.2) is 0 Å². The van der Waals surface area contributed by atoms with Crippen molar-refractivity contribution in [2.75, 3.05) is 24.6 Å². The van der Waals surface area contributed by atoms with Crippen LogP contribution in [-0.2, 0) is 9.53 Å². The monoisotopic (exact) mass is 311 g/mol. The average molecular weight is 311 g/mol. The van der Waals surface area contributed by atoms with E-state index in [4.69, 9.17) is 4.74 Å². The molecule has 0 spiro atoms. The van der Waals surface area contributed by atoms with E-state index >= 15 is 0 Å². The molecule has 1 atom stereocenters. The van der Waals surface area contributed by atoms with Gasteiger partial charge < -0.3 is 9.64 Å². The first kappa shape index (κ1) is 17.1. The summed E-state index contributed by atoms with van der Waals surface area (Å²) in [7, 11) is 0. The van der Waals surface area contributed by atoms with Crippen LogP contribution in [0, 0.1) is 5.92 Å². The second kappa shape index (κ2) is 8.37. The fourth-order valence-corrected chi connectivity index (χ4v) is 2.70. The molecule has 2 aromatic rings. The Morgan fingerprint density at radius 3 is 2.74 bits per heavy atom. The standard InChI is InChI=1S/C20H25NO2/c1-4-14-21(15-13-16(3)20(22)23-5-2)19-12-8-10-17-9-6-7-11-18(17)19/h4,6-12,16H,1,5,13-15H2,2-3H3. The van der Waals surface area contributed by atoms with Crippen molar-refractivity contribution in [3.8, 4) is 0 Å². The number of rotatable bonds is 8. The van der Waals surface area contributed by atoms with Gasteiger partial charge in [0.1, 0.15) is 0 Å². The van der Waals surface area contributed by atoms with Crippen LogP contribution >= 0.6 is 0 Å². The van der Waals surface area contributed by atoms with Crippen LogP contribution in [0.15, 0.2) is 55.1 Å². The SMILES string of the molecule is C=CCN(CCC(C)C(=O)OCC)c1cccc2ccccc12. The topological polar surface area (TPSA) is 29.5 Å². The molecule has 1 unspecified atom stereocenters. The third-order valence-corrected chi connectivity index (χ3v) is 3.98. The van der Waals surface area contributed by atoms with Crippen molar-refractivity contribution in [3.63, 3.8) is 0 Å². The molecule has 0 heterocycles. The number of ether oxygens (including phenoxy) is 1. The Morgan fingerprint density at radius 1 is 1.26 bits per heavy atom. The Bertz CT molecular complexity index is 660. The summed E-state index contributed by atoms with van der Waals surface area (Å²) in [5, 5.41) is 2.44. The third kappa shape index (κ3) is 4.35. The summed E-state index contributed by atoms with van der Waals surface area (Å²) in [4.78, 5) is 14.1. The molecule has 0 aliphatic carbocycles. The first-order chi connectivity index (χ1) is 11.2. The molecule has 0 amide bonds. The van der Waals surface area contributed by atoms with Gasteiger partial charge in [-0.3, -0.25) is 4.79 Å². The maximum absolute atomic E-state index is 11.8. The minimum absolute atomic E-state index is 0.0998. The first-order valence-corrected chi connectivity index (χ1v) is 8.17. The number of nitrogens with zero attached hydrogens (tertiary/aromatic N) is 1. The molecule has 23 heavy (non-hydrogen) atoms. The van der Waals surface area contributed by atoms with Gasteiger partial charge in [0.25, 0.3) is 0 Å². The molecule has 0 N–H and O–H groups in total. The fraction of sp³-hybridized carbons (Fsp3) is 0.350. The molecule has 0 radical (unpaired) electrons. The lowest BCUT2D eigenvalue weighted by Crippen LogP contribution is -2.28. The minimum atomic E-state index is -0.121. The second-order valence-corrected chi connectivity index (χ2v) is 5.67. The van der Waals surface area contributed by atoms with E-state index in [1.807, 2.05) is 26.0 Å². The summed E-state index contributed by atoms with van der Waals surface area (Å²) in [6.45, 7) is 9.60. The molecule has 0 fully saturated rings. The van der Waals surface area contributed by atoms with Gasteiger partial charge in [0.05, 0.1) is 12.5 Å². The lowest BCUT2D eigenvalue weighted by atomic mass is 10.1. The van der Waals surface area contributed by atoms with Crippen molar-refractivity contribution in [3.05, 3.63) is 55.1 Å². The zero-order chi connectivity index (χ0) is 16.7. The number of benzene rings is 2. The van der Waals surface area contributed by atoms with Crippen molar-refractivity contribution in [2.45, 2.75) is 20.3 Å². The molecule has 122 valence electrons. The van der Waals surface area contributed by atoms with Crippen LogP contribution < -0.4 is 4.90 Å². The van der Waals surface area contributed by atoms with Crippen LogP contribution in [0.25, 0.3) is 10.8 Å². The molecule has 3 nitrogen and oxygen atoms in total. The summed E-state index contributed by atoms with van der Waals surface area (Å²) in [5.41, 5.74) is 1.18. The van der Waals surface area contributed by atoms with E-state index in [1.54, 1.807) is 0 Å². The molecule has 0 aliphatic heterocycles. The van der Waals surface area contributed by atoms with Gasteiger partial charge in [-0.25, -0.2) is 0 Å². The van der Waals surface area contributed by atoms with Crippen molar-refractivity contribution < 1.29 is 9.53 Å². The van der Waals surface area contributed by atoms with Gasteiger partial charge in [-0.1, -0.05) is 49.4 Å². The zero-order valence-corrected chi connectivity index (χ0v) is 14.0. The average Bonchev–Trinajstić information content (AvgIpc) is 2.58. The molecule has 2 rings (SSSR count). The second-order valence-electron chi connectivity index (χ2n) is 5.67. The van der Waals surface area contributed by atoms with Gasteiger partial charge >= 0.3 is 5.97 Å². The Labute approximate surface area is 138 Å². The highest BCUT2D eigenvalue weighted by atomic mass is 16.5. The van der Waals surface area contributed by atoms with Crippen LogP contribution in [0.4, 0.5) is 5.69 Å². The summed E-state index contributed by atoms with van der Waals surface area (Å²) in [5.74, 6) is -0.221. The van der Waals surface area contributed by atoms with Crippen molar-refractivity contribution in [2.24, 2.45) is 5.92 Å². The van der Waals surface area contributed by atoms with Crippen LogP contribution in [0.2, 0.25) is 0 Å². The Morgan fingerprint density at radius 2 is 2.00 bits per heavy atom. The number of hydrogen-bond acceptors (Lipinski definition) is 3. The van der Waals surface area contributed by atoms with Crippen LogP contribution in [-0.4, -0.2) is 25.7 Å². The molecule has 0 saturated carbocycles. The smallest absolute Gasteiger partial charge is 0.308 e. The molecular weight excluding hydrogens is 286 g/mol. The van der Waals surface area contributed by atoms with Crippen LogP contribution in [0.3, 0.4) is 0 Å². The first-order valence-electron chi connectivity index (χ1n) is 8.17. The maximum atomic E-state index is 11.8. The van der Waals surface area contributed by atoms with Crippen molar-refractivity contribution >= 4 is 22.4 Å². The third-order valence-electron chi connectivity index (χ3n) is 3.98. The van der Waals surface area contributed by atoms with Gasteiger partial charge in [-0.15, -0.1) is 6.58 Å². The Balaban J connectivity index is 2.17. The Hall–Kier alpha value is -2.29. The van der Waals surface area contributed by atoms with E-state index in [2.05, 4.69) is 47.9 Å². The fourth-order valence-electron chi connectivity index (χ4n) is 2.70. The highest BCUT2D eigenvalue weighted by molar-refractivity contribution is 5.94. The molecule has 0 bridgehead atoms. The van der Waals surface area contributed by atoms with E-state index in [0.717, 1.165) is 19.5 Å². The largest absolute Gasteiger partial charge is 0.466 e. The number of hydrogen-bond donors (Lipinski definition) is 0. The van der Waals surface area contributed by atoms with Crippen molar-refractivity contribution in [1.82, 2.24) is 0 Å². The van der Waals surface area contributed by atoms with E-state index in [1.165, 1.54) is 16.5 Å². The number of carbonyl (C=O) groups excluding carboxylic acids is 1. The van der Waals surface area contributed by atoms with Gasteiger partial charge in [-0.05, 0) is 24.8 Å². The zero-order valence-electron chi connectivity index (χ0n) is 14.0. The maximum Gasteiger partial charge on any atom is 0.308 e. The minimum Gasteiger partial charge on any atom is -0.466 e. The summed E-state index contributed by atoms with van der Waals surface area (Å²) < 4.78 is 5.09. The number of carbonyl (C=O) groups is 1. The molecule has 2 aromatic carbocycles. The van der Waals surface area contributed by atoms with Gasteiger partial charge in [0, 0.05) is 24.2 Å². The molecule has 0 saturated heterocycles. The normalized spacial score (nSPS) is 11.9. The molecule has 3 heteroatoms. The van der Waals surface area contributed by atoms with Crippen molar-refractivity contribution in [1.29, 1.82) is 0 Å². The summed E-state index contributed by atoms with van der Waals surface area (Å²) in [6, 6.07) is 14.7. The van der Waals surface area contributed by atoms with Gasteiger partial charge in [-0.2, -0.15) is 0 Å². The molecule has 0 aromatic heterocycles. The predicted octanol–water partition coefficient (Wildman–Crippen LogP) is 4.42.